The fourth-order valence-electron chi connectivity index (χ4n) is 3.38. The van der Waals surface area contributed by atoms with Crippen molar-refractivity contribution >= 4 is 35.2 Å². The number of anilines is 2. The van der Waals surface area contributed by atoms with E-state index < -0.39 is 23.1 Å². The van der Waals surface area contributed by atoms with Crippen LogP contribution in [0.5, 0.6) is 0 Å². The molecule has 164 valence electrons. The zero-order valence-electron chi connectivity index (χ0n) is 17.2. The van der Waals surface area contributed by atoms with Crippen LogP contribution in [0, 0.1) is 16.1 Å². The number of aromatic nitrogens is 2. The first kappa shape index (κ1) is 22.0. The molecule has 0 unspecified atom stereocenters. The molecule has 0 radical (unpaired) electrons. The predicted octanol–water partition coefficient (Wildman–Crippen LogP) is 5.98. The molecule has 0 atom stereocenters. The summed E-state index contributed by atoms with van der Waals surface area (Å²) in [6.07, 6.45) is 5.09. The number of aromatic amines is 1. The summed E-state index contributed by atoms with van der Waals surface area (Å²) in [5.41, 5.74) is 9.46. The maximum Gasteiger partial charge on any atom is 0.258 e. The fraction of sp³-hybridized carbons (Fsp3) is 0. The molecule has 8 heteroatoms. The summed E-state index contributed by atoms with van der Waals surface area (Å²) in [5.74, 6) is -1.96. The number of nitrogens with two attached hydrogens (primary N) is 1. The molecule has 0 saturated carbocycles. The topological polar surface area (TPSA) is 83.8 Å². The third-order valence-corrected chi connectivity index (χ3v) is 5.45. The van der Waals surface area contributed by atoms with Crippen molar-refractivity contribution in [3.63, 3.8) is 0 Å². The second-order valence-corrected chi connectivity index (χ2v) is 7.61. The number of benzene rings is 2. The molecule has 0 aliphatic carbocycles. The van der Waals surface area contributed by atoms with Crippen LogP contribution in [0.25, 0.3) is 16.7 Å². The van der Waals surface area contributed by atoms with Crippen molar-refractivity contribution in [3.8, 4) is 11.1 Å². The fourth-order valence-corrected chi connectivity index (χ4v) is 3.79. The van der Waals surface area contributed by atoms with Crippen molar-refractivity contribution < 1.29 is 13.6 Å². The van der Waals surface area contributed by atoms with E-state index in [9.17, 15) is 13.6 Å². The molecular weight excluding hydrogens is 442 g/mol. The standard InChI is InChI=1S/C25H18F2N4OS/c1-14(22-23(33)20(13-30-24(22)28)16-5-3-9-29-12-16)15-4-2-6-18(10-15)31-25(32)19-11-17(26)7-8-21(19)27/h2-13H,1H2,(H,31,32)(H3,28,30,33). The SMILES string of the molecule is C=C(c1cccc(NC(=O)c2cc(F)ccc2F)c1)c1c(N)[nH]cc(-c2cccnc2)c1=S. The molecule has 0 bridgehead atoms. The zero-order valence-corrected chi connectivity index (χ0v) is 18.0. The normalized spacial score (nSPS) is 10.6. The Morgan fingerprint density at radius 2 is 1.94 bits per heavy atom. The first-order valence-corrected chi connectivity index (χ1v) is 10.2. The lowest BCUT2D eigenvalue weighted by Gasteiger charge is -2.14. The number of nitrogen functional groups attached to an aromatic ring is 1. The van der Waals surface area contributed by atoms with Gasteiger partial charge in [0.15, 0.2) is 0 Å². The van der Waals surface area contributed by atoms with Crippen LogP contribution in [0.4, 0.5) is 20.3 Å². The van der Waals surface area contributed by atoms with Crippen molar-refractivity contribution in [3.05, 3.63) is 113 Å². The van der Waals surface area contributed by atoms with Gasteiger partial charge in [0.1, 0.15) is 17.5 Å². The maximum atomic E-state index is 13.9. The molecule has 4 N–H and O–H groups in total. The van der Waals surface area contributed by atoms with Crippen LogP contribution in [0.1, 0.15) is 21.5 Å². The summed E-state index contributed by atoms with van der Waals surface area (Å²) in [6.45, 7) is 4.15. The number of nitrogens with one attached hydrogen (secondary N) is 2. The Morgan fingerprint density at radius 3 is 2.70 bits per heavy atom. The van der Waals surface area contributed by atoms with E-state index in [4.69, 9.17) is 18.0 Å². The van der Waals surface area contributed by atoms with E-state index >= 15 is 0 Å². The molecule has 33 heavy (non-hydrogen) atoms. The van der Waals surface area contributed by atoms with Crippen LogP contribution in [-0.2, 0) is 0 Å². The third-order valence-electron chi connectivity index (χ3n) is 5.03. The van der Waals surface area contributed by atoms with Crippen molar-refractivity contribution in [1.29, 1.82) is 0 Å². The maximum absolute atomic E-state index is 13.9. The lowest BCUT2D eigenvalue weighted by Crippen LogP contribution is -2.14. The second-order valence-electron chi connectivity index (χ2n) is 7.20. The Kier molecular flexibility index (Phi) is 6.10. The van der Waals surface area contributed by atoms with Crippen LogP contribution in [0.15, 0.2) is 79.8 Å². The number of amides is 1. The number of H-pyrrole nitrogens is 1. The number of nitrogens with zero attached hydrogens (tertiary/aromatic N) is 1. The summed E-state index contributed by atoms with van der Waals surface area (Å²) in [7, 11) is 0. The van der Waals surface area contributed by atoms with E-state index in [1.165, 1.54) is 0 Å². The highest BCUT2D eigenvalue weighted by molar-refractivity contribution is 7.71. The van der Waals surface area contributed by atoms with E-state index in [1.807, 2.05) is 12.1 Å². The molecule has 2 aromatic carbocycles. The van der Waals surface area contributed by atoms with Crippen LogP contribution in [0.3, 0.4) is 0 Å². The monoisotopic (exact) mass is 460 g/mol. The third kappa shape index (κ3) is 4.56. The molecule has 0 saturated heterocycles. The van der Waals surface area contributed by atoms with Gasteiger partial charge in [-0.1, -0.05) is 37.0 Å². The summed E-state index contributed by atoms with van der Waals surface area (Å²) in [5, 5.41) is 2.58. The van der Waals surface area contributed by atoms with E-state index in [-0.39, 0.29) is 0 Å². The zero-order chi connectivity index (χ0) is 23.5. The van der Waals surface area contributed by atoms with Crippen LogP contribution < -0.4 is 11.1 Å². The molecule has 2 heterocycles. The Balaban J connectivity index is 1.67. The van der Waals surface area contributed by atoms with Gasteiger partial charge in [-0.2, -0.15) is 0 Å². The number of hydrogen-bond acceptors (Lipinski definition) is 4. The highest BCUT2D eigenvalue weighted by Gasteiger charge is 2.16. The molecule has 4 aromatic rings. The lowest BCUT2D eigenvalue weighted by atomic mass is 9.97. The summed E-state index contributed by atoms with van der Waals surface area (Å²) < 4.78 is 27.9. The van der Waals surface area contributed by atoms with Crippen LogP contribution in [-0.4, -0.2) is 15.9 Å². The van der Waals surface area contributed by atoms with Gasteiger partial charge in [-0.3, -0.25) is 9.78 Å². The van der Waals surface area contributed by atoms with Gasteiger partial charge in [0.2, 0.25) is 0 Å². The van der Waals surface area contributed by atoms with Gasteiger partial charge < -0.3 is 16.0 Å². The molecule has 4 rings (SSSR count). The molecule has 2 aromatic heterocycles. The van der Waals surface area contributed by atoms with E-state index in [0.717, 1.165) is 29.3 Å². The first-order chi connectivity index (χ1) is 15.8. The van der Waals surface area contributed by atoms with Crippen molar-refractivity contribution in [2.45, 2.75) is 0 Å². The van der Waals surface area contributed by atoms with Crippen molar-refractivity contribution in [2.75, 3.05) is 11.1 Å². The highest BCUT2D eigenvalue weighted by Crippen LogP contribution is 2.32. The van der Waals surface area contributed by atoms with Gasteiger partial charge in [0.05, 0.1) is 10.1 Å². The van der Waals surface area contributed by atoms with Crippen LogP contribution >= 0.6 is 12.2 Å². The summed E-state index contributed by atoms with van der Waals surface area (Å²) in [4.78, 5) is 19.6. The van der Waals surface area contributed by atoms with Crippen molar-refractivity contribution in [1.82, 2.24) is 9.97 Å². The summed E-state index contributed by atoms with van der Waals surface area (Å²) in [6, 6.07) is 13.2. The van der Waals surface area contributed by atoms with Gasteiger partial charge in [-0.25, -0.2) is 8.78 Å². The van der Waals surface area contributed by atoms with E-state index in [1.54, 1.807) is 42.9 Å². The number of pyridine rings is 2. The van der Waals surface area contributed by atoms with E-state index in [0.29, 0.717) is 32.7 Å². The number of carbonyl (C=O) groups excluding carboxylic acids is 1. The quantitative estimate of drug-likeness (QED) is 0.320. The van der Waals surface area contributed by atoms with Gasteiger partial charge in [-0.05, 0) is 47.5 Å². The van der Waals surface area contributed by atoms with Gasteiger partial charge in [0.25, 0.3) is 5.91 Å². The minimum absolute atomic E-state index is 0.342. The number of hydrogen-bond donors (Lipinski definition) is 3. The lowest BCUT2D eigenvalue weighted by molar-refractivity contribution is 0.102. The average molecular weight is 461 g/mol. The number of halogens is 2. The first-order valence-electron chi connectivity index (χ1n) is 9.83. The smallest absolute Gasteiger partial charge is 0.258 e. The highest BCUT2D eigenvalue weighted by atomic mass is 32.1. The Labute approximate surface area is 193 Å². The second kappa shape index (κ2) is 9.13. The molecule has 0 aliphatic heterocycles. The Morgan fingerprint density at radius 1 is 1.12 bits per heavy atom. The average Bonchev–Trinajstić information content (AvgIpc) is 2.81. The molecule has 0 fully saturated rings. The van der Waals surface area contributed by atoms with E-state index in [2.05, 4.69) is 21.9 Å². The Bertz CT molecular complexity index is 1430. The van der Waals surface area contributed by atoms with Gasteiger partial charge >= 0.3 is 0 Å². The van der Waals surface area contributed by atoms with Gasteiger partial charge in [-0.15, -0.1) is 0 Å². The molecular formula is C25H18F2N4OS. The predicted molar refractivity (Wildman–Crippen MR) is 128 cm³/mol. The van der Waals surface area contributed by atoms with Crippen LogP contribution in [0.2, 0.25) is 0 Å². The minimum atomic E-state index is -0.819. The molecule has 0 aliphatic rings. The minimum Gasteiger partial charge on any atom is -0.385 e. The molecule has 1 amide bonds. The van der Waals surface area contributed by atoms with Crippen molar-refractivity contribution in [2.24, 2.45) is 0 Å². The largest absolute Gasteiger partial charge is 0.385 e. The molecule has 5 nitrogen and oxygen atoms in total. The summed E-state index contributed by atoms with van der Waals surface area (Å²) >= 11 is 5.70. The Hall–Kier alpha value is -4.17. The molecule has 0 spiro atoms. The number of rotatable bonds is 5. The van der Waals surface area contributed by atoms with Gasteiger partial charge in [0, 0.05) is 41.0 Å². The number of carbonyl (C=O) groups is 1.